The summed E-state index contributed by atoms with van der Waals surface area (Å²) < 4.78 is 10.0. The average molecular weight is 269 g/mol. The van der Waals surface area contributed by atoms with E-state index in [9.17, 15) is 10.1 Å². The van der Waals surface area contributed by atoms with Crippen molar-refractivity contribution in [2.75, 3.05) is 20.5 Å². The van der Waals surface area contributed by atoms with Gasteiger partial charge in [0.15, 0.2) is 6.29 Å². The molecule has 0 N–H and O–H groups in total. The molecule has 0 spiro atoms. The van der Waals surface area contributed by atoms with Gasteiger partial charge in [-0.3, -0.25) is 10.1 Å². The molecule has 1 aromatic rings. The molecule has 0 aliphatic carbocycles. The van der Waals surface area contributed by atoms with E-state index in [1.807, 2.05) is 12.3 Å². The van der Waals surface area contributed by atoms with E-state index in [0.717, 1.165) is 5.56 Å². The van der Waals surface area contributed by atoms with Crippen molar-refractivity contribution < 1.29 is 14.4 Å². The van der Waals surface area contributed by atoms with E-state index in [1.54, 1.807) is 18.2 Å². The van der Waals surface area contributed by atoms with Gasteiger partial charge in [0.1, 0.15) is 0 Å². The van der Waals surface area contributed by atoms with Gasteiger partial charge in [-0.25, -0.2) is 0 Å². The minimum atomic E-state index is -0.459. The first-order chi connectivity index (χ1) is 8.63. The van der Waals surface area contributed by atoms with Gasteiger partial charge in [-0.05, 0) is 17.9 Å². The zero-order chi connectivity index (χ0) is 13.5. The van der Waals surface area contributed by atoms with Gasteiger partial charge in [-0.2, -0.15) is 0 Å². The maximum absolute atomic E-state index is 10.9. The molecule has 0 fully saturated rings. The Bertz CT molecular complexity index is 444. The van der Waals surface area contributed by atoms with Gasteiger partial charge in [-0.15, -0.1) is 11.8 Å². The molecule has 18 heavy (non-hydrogen) atoms. The molecule has 0 saturated carbocycles. The smallest absolute Gasteiger partial charge is 0.283 e. The summed E-state index contributed by atoms with van der Waals surface area (Å²) in [6.45, 7) is 0. The highest BCUT2D eigenvalue weighted by atomic mass is 32.2. The average Bonchev–Trinajstić information content (AvgIpc) is 2.39. The second-order valence-corrected chi connectivity index (χ2v) is 4.17. The molecule has 1 aromatic carbocycles. The van der Waals surface area contributed by atoms with Crippen LogP contribution >= 0.6 is 11.8 Å². The molecule has 0 amide bonds. The molecule has 0 saturated heterocycles. The summed E-state index contributed by atoms with van der Waals surface area (Å²) >= 11 is 1.34. The quantitative estimate of drug-likeness (QED) is 0.344. The van der Waals surface area contributed by atoms with Crippen molar-refractivity contribution in [3.63, 3.8) is 0 Å². The number of rotatable bonds is 6. The van der Waals surface area contributed by atoms with Crippen molar-refractivity contribution in [1.29, 1.82) is 0 Å². The van der Waals surface area contributed by atoms with Crippen LogP contribution in [-0.2, 0) is 9.47 Å². The van der Waals surface area contributed by atoms with Gasteiger partial charge >= 0.3 is 0 Å². The molecular weight excluding hydrogens is 254 g/mol. The third-order valence-corrected chi connectivity index (χ3v) is 3.18. The van der Waals surface area contributed by atoms with Crippen LogP contribution in [0.5, 0.6) is 0 Å². The fourth-order valence-electron chi connectivity index (χ4n) is 1.48. The Hall–Kier alpha value is -1.37. The maximum atomic E-state index is 10.9. The highest BCUT2D eigenvalue weighted by molar-refractivity contribution is 7.98. The first-order valence-electron chi connectivity index (χ1n) is 5.19. The van der Waals surface area contributed by atoms with Crippen LogP contribution in [0.1, 0.15) is 5.56 Å². The van der Waals surface area contributed by atoms with Gasteiger partial charge < -0.3 is 9.47 Å². The Balaban J connectivity index is 3.09. The van der Waals surface area contributed by atoms with Gasteiger partial charge in [0, 0.05) is 20.3 Å². The van der Waals surface area contributed by atoms with Crippen LogP contribution in [0.4, 0.5) is 5.69 Å². The van der Waals surface area contributed by atoms with Crippen LogP contribution in [0, 0.1) is 10.1 Å². The number of nitrogens with zero attached hydrogens (tertiary/aromatic N) is 1. The standard InChI is InChI=1S/C12H15NO4S/c1-16-11(17-2)8-7-9-5-4-6-10(13(14)15)12(9)18-3/h4-8,11H,1-3H3/b8-7+. The van der Waals surface area contributed by atoms with E-state index in [2.05, 4.69) is 0 Å². The third kappa shape index (κ3) is 3.56. The summed E-state index contributed by atoms with van der Waals surface area (Å²) in [5, 5.41) is 10.9. The summed E-state index contributed by atoms with van der Waals surface area (Å²) in [5.74, 6) is 0. The highest BCUT2D eigenvalue weighted by Gasteiger charge is 2.15. The first-order valence-corrected chi connectivity index (χ1v) is 6.41. The molecule has 0 atom stereocenters. The maximum Gasteiger partial charge on any atom is 0.283 e. The van der Waals surface area contributed by atoms with Crippen LogP contribution < -0.4 is 0 Å². The summed E-state index contributed by atoms with van der Waals surface area (Å²) in [5.41, 5.74) is 0.881. The largest absolute Gasteiger partial charge is 0.352 e. The number of hydrogen-bond acceptors (Lipinski definition) is 5. The lowest BCUT2D eigenvalue weighted by Crippen LogP contribution is -2.08. The van der Waals surface area contributed by atoms with Crippen LogP contribution in [-0.4, -0.2) is 31.7 Å². The van der Waals surface area contributed by atoms with Crippen LogP contribution in [0.3, 0.4) is 0 Å². The van der Waals surface area contributed by atoms with Crippen LogP contribution in [0.25, 0.3) is 6.08 Å². The Morgan fingerprint density at radius 2 is 2.06 bits per heavy atom. The molecule has 0 aliphatic heterocycles. The van der Waals surface area contributed by atoms with Crippen molar-refractivity contribution >= 4 is 23.5 Å². The Kier molecular flexibility index (Phi) is 5.84. The molecule has 6 heteroatoms. The molecule has 1 rings (SSSR count). The number of benzene rings is 1. The predicted molar refractivity (Wildman–Crippen MR) is 71.7 cm³/mol. The molecule has 0 heterocycles. The van der Waals surface area contributed by atoms with E-state index >= 15 is 0 Å². The molecule has 5 nitrogen and oxygen atoms in total. The Morgan fingerprint density at radius 3 is 2.56 bits per heavy atom. The van der Waals surface area contributed by atoms with E-state index in [0.29, 0.717) is 4.90 Å². The second kappa shape index (κ2) is 7.15. The zero-order valence-corrected chi connectivity index (χ0v) is 11.3. The van der Waals surface area contributed by atoms with E-state index < -0.39 is 6.29 Å². The highest BCUT2D eigenvalue weighted by Crippen LogP contribution is 2.31. The van der Waals surface area contributed by atoms with Crippen molar-refractivity contribution in [3.05, 3.63) is 40.0 Å². The fraction of sp³-hybridized carbons (Fsp3) is 0.333. The van der Waals surface area contributed by atoms with E-state index in [-0.39, 0.29) is 10.6 Å². The van der Waals surface area contributed by atoms with Crippen molar-refractivity contribution in [3.8, 4) is 0 Å². The second-order valence-electron chi connectivity index (χ2n) is 3.36. The lowest BCUT2D eigenvalue weighted by Gasteiger charge is -2.08. The summed E-state index contributed by atoms with van der Waals surface area (Å²) in [6.07, 6.45) is 4.82. The molecule has 0 aliphatic rings. The molecule has 0 aromatic heterocycles. The molecular formula is C12H15NO4S. The number of nitro benzene ring substituents is 1. The van der Waals surface area contributed by atoms with Gasteiger partial charge in [0.2, 0.25) is 0 Å². The predicted octanol–water partition coefficient (Wildman–Crippen LogP) is 2.95. The van der Waals surface area contributed by atoms with E-state index in [1.165, 1.54) is 32.0 Å². The molecule has 0 radical (unpaired) electrons. The number of methoxy groups -OCH3 is 2. The molecule has 0 unspecified atom stereocenters. The van der Waals surface area contributed by atoms with Gasteiger partial charge in [0.05, 0.1) is 9.82 Å². The molecule has 0 bridgehead atoms. The summed E-state index contributed by atoms with van der Waals surface area (Å²) in [7, 11) is 3.06. The van der Waals surface area contributed by atoms with E-state index in [4.69, 9.17) is 9.47 Å². The monoisotopic (exact) mass is 269 g/mol. The minimum absolute atomic E-state index is 0.107. The number of hydrogen-bond donors (Lipinski definition) is 0. The third-order valence-electron chi connectivity index (χ3n) is 2.32. The van der Waals surface area contributed by atoms with Gasteiger partial charge in [0.25, 0.3) is 5.69 Å². The number of nitro groups is 1. The SMILES string of the molecule is COC(/C=C/c1cccc([N+](=O)[O-])c1SC)OC. The summed E-state index contributed by atoms with van der Waals surface area (Å²) in [4.78, 5) is 11.1. The lowest BCUT2D eigenvalue weighted by molar-refractivity contribution is -0.387. The fourth-order valence-corrected chi connectivity index (χ4v) is 2.20. The minimum Gasteiger partial charge on any atom is -0.352 e. The van der Waals surface area contributed by atoms with Crippen molar-refractivity contribution in [2.45, 2.75) is 11.2 Å². The molecule has 98 valence electrons. The van der Waals surface area contributed by atoms with Crippen LogP contribution in [0.2, 0.25) is 0 Å². The van der Waals surface area contributed by atoms with Crippen molar-refractivity contribution in [2.24, 2.45) is 0 Å². The number of ether oxygens (including phenoxy) is 2. The first kappa shape index (κ1) is 14.7. The van der Waals surface area contributed by atoms with Crippen molar-refractivity contribution in [1.82, 2.24) is 0 Å². The Morgan fingerprint density at radius 1 is 1.39 bits per heavy atom. The Labute approximate surface area is 110 Å². The normalized spacial score (nSPS) is 11.3. The lowest BCUT2D eigenvalue weighted by atomic mass is 10.2. The van der Waals surface area contributed by atoms with Crippen LogP contribution in [0.15, 0.2) is 29.2 Å². The summed E-state index contributed by atoms with van der Waals surface area (Å²) in [6, 6.07) is 4.97. The number of thioether (sulfide) groups is 1. The van der Waals surface area contributed by atoms with Gasteiger partial charge in [-0.1, -0.05) is 18.2 Å². The zero-order valence-electron chi connectivity index (χ0n) is 10.5. The topological polar surface area (TPSA) is 61.6 Å².